The first kappa shape index (κ1) is 13.7. The van der Waals surface area contributed by atoms with Crippen LogP contribution >= 0.6 is 0 Å². The minimum absolute atomic E-state index is 0.738. The highest BCUT2D eigenvalue weighted by atomic mass is 16.5. The van der Waals surface area contributed by atoms with Crippen LogP contribution in [0.3, 0.4) is 0 Å². The molecular formula is C17H26N2O. The van der Waals surface area contributed by atoms with Crippen molar-refractivity contribution in [1.82, 2.24) is 4.90 Å². The third-order valence-electron chi connectivity index (χ3n) is 4.91. The van der Waals surface area contributed by atoms with Crippen molar-refractivity contribution in [2.45, 2.75) is 44.6 Å². The Bertz CT molecular complexity index is 433. The predicted octanol–water partition coefficient (Wildman–Crippen LogP) is 3.30. The first-order valence-corrected chi connectivity index (χ1v) is 8.06. The summed E-state index contributed by atoms with van der Waals surface area (Å²) >= 11 is 0. The monoisotopic (exact) mass is 274 g/mol. The Morgan fingerprint density at radius 3 is 2.80 bits per heavy atom. The summed E-state index contributed by atoms with van der Waals surface area (Å²) in [4.78, 5) is 2.66. The van der Waals surface area contributed by atoms with Crippen LogP contribution in [0.2, 0.25) is 0 Å². The normalized spacial score (nSPS) is 27.0. The van der Waals surface area contributed by atoms with Crippen molar-refractivity contribution in [1.29, 1.82) is 0 Å². The van der Waals surface area contributed by atoms with Gasteiger partial charge in [-0.25, -0.2) is 0 Å². The summed E-state index contributed by atoms with van der Waals surface area (Å²) in [6.07, 6.45) is 8.46. The molecule has 0 unspecified atom stereocenters. The van der Waals surface area contributed by atoms with E-state index in [0.29, 0.717) is 0 Å². The summed E-state index contributed by atoms with van der Waals surface area (Å²) in [5.74, 6) is 1.77. The maximum atomic E-state index is 5.91. The molecule has 3 heteroatoms. The number of likely N-dealkylation sites (tertiary alicyclic amines) is 1. The van der Waals surface area contributed by atoms with Gasteiger partial charge in [-0.15, -0.1) is 0 Å². The minimum Gasteiger partial charge on any atom is -0.490 e. The molecule has 0 radical (unpaired) electrons. The lowest BCUT2D eigenvalue weighted by molar-refractivity contribution is 0.0502. The van der Waals surface area contributed by atoms with Crippen molar-refractivity contribution in [3.05, 3.63) is 24.3 Å². The molecule has 2 atom stereocenters. The Hall–Kier alpha value is -1.22. The number of ether oxygens (including phenoxy) is 1. The molecule has 1 saturated carbocycles. The van der Waals surface area contributed by atoms with Crippen molar-refractivity contribution in [3.63, 3.8) is 0 Å². The van der Waals surface area contributed by atoms with E-state index < -0.39 is 0 Å². The second-order valence-electron chi connectivity index (χ2n) is 6.18. The van der Waals surface area contributed by atoms with Crippen LogP contribution in [0.1, 0.15) is 38.5 Å². The van der Waals surface area contributed by atoms with Gasteiger partial charge in [-0.05, 0) is 50.3 Å². The summed E-state index contributed by atoms with van der Waals surface area (Å²) in [6, 6.07) is 8.58. The quantitative estimate of drug-likeness (QED) is 0.856. The molecule has 1 aromatic carbocycles. The van der Waals surface area contributed by atoms with Crippen LogP contribution in [-0.2, 0) is 0 Å². The topological polar surface area (TPSA) is 38.5 Å². The van der Waals surface area contributed by atoms with Crippen molar-refractivity contribution in [2.24, 2.45) is 5.92 Å². The van der Waals surface area contributed by atoms with Gasteiger partial charge in [-0.1, -0.05) is 25.0 Å². The smallest absolute Gasteiger partial charge is 0.142 e. The number of para-hydroxylation sites is 2. The van der Waals surface area contributed by atoms with E-state index in [1.54, 1.807) is 0 Å². The van der Waals surface area contributed by atoms with E-state index in [1.807, 2.05) is 24.3 Å². The molecule has 0 aromatic heterocycles. The van der Waals surface area contributed by atoms with Crippen molar-refractivity contribution < 1.29 is 4.74 Å². The minimum atomic E-state index is 0.738. The lowest BCUT2D eigenvalue weighted by Gasteiger charge is -2.44. The third kappa shape index (κ3) is 3.09. The highest BCUT2D eigenvalue weighted by Gasteiger charge is 2.32. The summed E-state index contributed by atoms with van der Waals surface area (Å²) in [7, 11) is 0. The Labute approximate surface area is 122 Å². The molecule has 2 N–H and O–H groups in total. The van der Waals surface area contributed by atoms with Gasteiger partial charge < -0.3 is 10.5 Å². The number of hydrogen-bond donors (Lipinski definition) is 1. The fraction of sp³-hybridized carbons (Fsp3) is 0.647. The fourth-order valence-electron chi connectivity index (χ4n) is 3.89. The van der Waals surface area contributed by atoms with Gasteiger partial charge in [0.15, 0.2) is 0 Å². The number of nitrogens with two attached hydrogens (primary N) is 1. The zero-order valence-electron chi connectivity index (χ0n) is 12.3. The summed E-state index contributed by atoms with van der Waals surface area (Å²) in [5.41, 5.74) is 6.65. The largest absolute Gasteiger partial charge is 0.490 e. The first-order valence-electron chi connectivity index (χ1n) is 8.06. The molecule has 110 valence electrons. The van der Waals surface area contributed by atoms with Gasteiger partial charge in [0.05, 0.1) is 5.69 Å². The molecule has 1 aliphatic heterocycles. The Morgan fingerprint density at radius 1 is 1.10 bits per heavy atom. The van der Waals surface area contributed by atoms with Gasteiger partial charge in [0.25, 0.3) is 0 Å². The number of anilines is 1. The van der Waals surface area contributed by atoms with Gasteiger partial charge in [0.1, 0.15) is 12.4 Å². The summed E-state index contributed by atoms with van der Waals surface area (Å²) in [5, 5.41) is 0. The SMILES string of the molecule is Nc1ccccc1OCCN1CCC[C@H]2CCCC[C@H]21. The van der Waals surface area contributed by atoms with E-state index in [2.05, 4.69) is 4.90 Å². The molecule has 1 heterocycles. The molecule has 2 fully saturated rings. The van der Waals surface area contributed by atoms with Crippen molar-refractivity contribution >= 4 is 5.69 Å². The number of piperidine rings is 1. The molecule has 0 bridgehead atoms. The summed E-state index contributed by atoms with van der Waals surface area (Å²) < 4.78 is 5.85. The van der Waals surface area contributed by atoms with Crippen LogP contribution in [0, 0.1) is 5.92 Å². The molecular weight excluding hydrogens is 248 g/mol. The van der Waals surface area contributed by atoms with E-state index in [0.717, 1.165) is 36.5 Å². The molecule has 1 aromatic rings. The Morgan fingerprint density at radius 2 is 1.90 bits per heavy atom. The highest BCUT2D eigenvalue weighted by Crippen LogP contribution is 2.35. The van der Waals surface area contributed by atoms with E-state index >= 15 is 0 Å². The van der Waals surface area contributed by atoms with Crippen molar-refractivity contribution in [3.8, 4) is 5.75 Å². The number of fused-ring (bicyclic) bond motifs is 1. The maximum Gasteiger partial charge on any atom is 0.142 e. The van der Waals surface area contributed by atoms with Crippen LogP contribution in [-0.4, -0.2) is 30.6 Å². The van der Waals surface area contributed by atoms with Gasteiger partial charge in [0, 0.05) is 12.6 Å². The lowest BCUT2D eigenvalue weighted by Crippen LogP contribution is -2.48. The van der Waals surface area contributed by atoms with E-state index in [9.17, 15) is 0 Å². The van der Waals surface area contributed by atoms with Gasteiger partial charge in [0.2, 0.25) is 0 Å². The van der Waals surface area contributed by atoms with Crippen molar-refractivity contribution in [2.75, 3.05) is 25.4 Å². The van der Waals surface area contributed by atoms with E-state index in [-0.39, 0.29) is 0 Å². The second kappa shape index (κ2) is 6.49. The predicted molar refractivity (Wildman–Crippen MR) is 82.9 cm³/mol. The van der Waals surface area contributed by atoms with E-state index in [1.165, 1.54) is 45.1 Å². The molecule has 3 rings (SSSR count). The van der Waals surface area contributed by atoms with E-state index in [4.69, 9.17) is 10.5 Å². The zero-order chi connectivity index (χ0) is 13.8. The van der Waals surface area contributed by atoms with Crippen LogP contribution in [0.5, 0.6) is 5.75 Å². The number of rotatable bonds is 4. The van der Waals surface area contributed by atoms with Gasteiger partial charge in [-0.3, -0.25) is 4.90 Å². The fourth-order valence-corrected chi connectivity index (χ4v) is 3.89. The highest BCUT2D eigenvalue weighted by molar-refractivity contribution is 5.51. The maximum absolute atomic E-state index is 5.91. The second-order valence-corrected chi connectivity index (χ2v) is 6.18. The number of hydrogen-bond acceptors (Lipinski definition) is 3. The summed E-state index contributed by atoms with van der Waals surface area (Å²) in [6.45, 7) is 3.03. The molecule has 20 heavy (non-hydrogen) atoms. The van der Waals surface area contributed by atoms with Crippen LogP contribution in [0.15, 0.2) is 24.3 Å². The van der Waals surface area contributed by atoms with Crippen LogP contribution in [0.4, 0.5) is 5.69 Å². The Kier molecular flexibility index (Phi) is 4.46. The number of benzene rings is 1. The molecule has 1 aliphatic carbocycles. The van der Waals surface area contributed by atoms with Gasteiger partial charge in [-0.2, -0.15) is 0 Å². The average molecular weight is 274 g/mol. The van der Waals surface area contributed by atoms with Gasteiger partial charge >= 0.3 is 0 Å². The molecule has 3 nitrogen and oxygen atoms in total. The first-order chi connectivity index (χ1) is 9.84. The number of nitrogen functional groups attached to an aromatic ring is 1. The third-order valence-corrected chi connectivity index (χ3v) is 4.91. The lowest BCUT2D eigenvalue weighted by atomic mass is 9.78. The zero-order valence-corrected chi connectivity index (χ0v) is 12.3. The average Bonchev–Trinajstić information content (AvgIpc) is 2.49. The molecule has 0 spiro atoms. The van der Waals surface area contributed by atoms with Crippen LogP contribution in [0.25, 0.3) is 0 Å². The molecule has 1 saturated heterocycles. The standard InChI is InChI=1S/C17H26N2O/c18-15-8-2-4-10-17(15)20-13-12-19-11-5-7-14-6-1-3-9-16(14)19/h2,4,8,10,14,16H,1,3,5-7,9,11-13,18H2/t14-,16-/m1/s1. The molecule has 2 aliphatic rings. The number of nitrogens with zero attached hydrogens (tertiary/aromatic N) is 1. The Balaban J connectivity index is 1.51. The molecule has 0 amide bonds. The van der Waals surface area contributed by atoms with Crippen LogP contribution < -0.4 is 10.5 Å².